The lowest BCUT2D eigenvalue weighted by Crippen LogP contribution is -2.32. The van der Waals surface area contributed by atoms with Gasteiger partial charge in [-0.2, -0.15) is 0 Å². The normalized spacial score (nSPS) is 10.4. The van der Waals surface area contributed by atoms with Gasteiger partial charge in [0.25, 0.3) is 0 Å². The Morgan fingerprint density at radius 3 is 2.45 bits per heavy atom. The van der Waals surface area contributed by atoms with E-state index in [-0.39, 0.29) is 36.1 Å². The van der Waals surface area contributed by atoms with Gasteiger partial charge in [-0.3, -0.25) is 4.79 Å². The second-order valence-corrected chi connectivity index (χ2v) is 6.13. The fraction of sp³-hybridized carbons (Fsp3) is 0.692. The molecule has 0 atom stereocenters. The summed E-state index contributed by atoms with van der Waals surface area (Å²) in [6.07, 6.45) is 0.374. The van der Waals surface area contributed by atoms with Gasteiger partial charge in [-0.15, -0.1) is 36.2 Å². The Bertz CT molecular complexity index is 391. The number of halogens is 2. The van der Waals surface area contributed by atoms with E-state index in [1.807, 2.05) is 12.3 Å². The fourth-order valence-corrected chi connectivity index (χ4v) is 2.33. The Morgan fingerprint density at radius 1 is 1.30 bits per heavy atom. The largest absolute Gasteiger partial charge is 0.354 e. The Hall–Kier alpha value is -0.360. The molecule has 0 fully saturated rings. The number of aromatic nitrogens is 1. The van der Waals surface area contributed by atoms with Gasteiger partial charge in [0, 0.05) is 23.9 Å². The topological polar surface area (TPSA) is 54.0 Å². The van der Waals surface area contributed by atoms with Crippen LogP contribution in [-0.4, -0.2) is 30.5 Å². The van der Waals surface area contributed by atoms with Crippen molar-refractivity contribution < 1.29 is 4.79 Å². The van der Waals surface area contributed by atoms with E-state index in [1.165, 1.54) is 0 Å². The molecular weight excluding hydrogens is 317 g/mol. The molecule has 20 heavy (non-hydrogen) atoms. The van der Waals surface area contributed by atoms with Gasteiger partial charge in [0.1, 0.15) is 0 Å². The Balaban J connectivity index is 0. The van der Waals surface area contributed by atoms with Crippen LogP contribution >= 0.6 is 36.2 Å². The average Bonchev–Trinajstić information content (AvgIpc) is 2.72. The number of thiazole rings is 1. The molecule has 0 aliphatic carbocycles. The second kappa shape index (κ2) is 10.4. The molecule has 0 aliphatic heterocycles. The number of hydrogen-bond acceptors (Lipinski definition) is 4. The highest BCUT2D eigenvalue weighted by Crippen LogP contribution is 2.25. The van der Waals surface area contributed by atoms with Crippen LogP contribution in [-0.2, 0) is 16.6 Å². The number of carbonyl (C=O) groups excluding carboxylic acids is 1. The van der Waals surface area contributed by atoms with Crippen molar-refractivity contribution in [2.24, 2.45) is 0 Å². The lowest BCUT2D eigenvalue weighted by atomic mass is 9.98. The molecule has 0 saturated carbocycles. The minimum Gasteiger partial charge on any atom is -0.354 e. The van der Waals surface area contributed by atoms with Crippen molar-refractivity contribution in [1.29, 1.82) is 0 Å². The number of nitrogens with zero attached hydrogens (tertiary/aromatic N) is 1. The Kier molecular flexibility index (Phi) is 11.4. The highest BCUT2D eigenvalue weighted by Gasteiger charge is 2.18. The lowest BCUT2D eigenvalue weighted by molar-refractivity contribution is -0.120. The summed E-state index contributed by atoms with van der Waals surface area (Å²) in [7, 11) is 0. The molecule has 4 nitrogen and oxygen atoms in total. The third-order valence-electron chi connectivity index (χ3n) is 2.41. The minimum atomic E-state index is 0. The van der Waals surface area contributed by atoms with Crippen LogP contribution in [0.2, 0.25) is 0 Å². The summed E-state index contributed by atoms with van der Waals surface area (Å²) in [5, 5.41) is 9.10. The van der Waals surface area contributed by atoms with Crippen LogP contribution in [0.4, 0.5) is 0 Å². The molecule has 0 unspecified atom stereocenters. The van der Waals surface area contributed by atoms with Gasteiger partial charge in [0.05, 0.1) is 17.1 Å². The molecule has 1 aromatic rings. The standard InChI is InChI=1S/C13H23N3OS.2ClH/c1-5-14-6-7-15-11(17)8-10-9-18-12(16-10)13(2,3)4;;/h9,14H,5-8H2,1-4H3,(H,15,17);2*1H. The second-order valence-electron chi connectivity index (χ2n) is 5.27. The molecule has 0 spiro atoms. The molecule has 1 amide bonds. The van der Waals surface area contributed by atoms with E-state index < -0.39 is 0 Å². The van der Waals surface area contributed by atoms with Crippen LogP contribution in [0.5, 0.6) is 0 Å². The zero-order chi connectivity index (χ0) is 13.6. The van der Waals surface area contributed by atoms with Crippen molar-refractivity contribution in [2.45, 2.75) is 39.5 Å². The highest BCUT2D eigenvalue weighted by molar-refractivity contribution is 7.09. The molecule has 1 aromatic heterocycles. The maximum absolute atomic E-state index is 11.7. The van der Waals surface area contributed by atoms with Gasteiger partial charge < -0.3 is 10.6 Å². The number of likely N-dealkylation sites (N-methyl/N-ethyl adjacent to an activating group) is 1. The first kappa shape index (κ1) is 21.9. The van der Waals surface area contributed by atoms with Crippen molar-refractivity contribution in [3.05, 3.63) is 16.1 Å². The summed E-state index contributed by atoms with van der Waals surface area (Å²) in [5.74, 6) is 0.0404. The van der Waals surface area contributed by atoms with E-state index in [4.69, 9.17) is 0 Å². The van der Waals surface area contributed by atoms with Gasteiger partial charge >= 0.3 is 0 Å². The number of carbonyl (C=O) groups is 1. The predicted octanol–water partition coefficient (Wildman–Crippen LogP) is 2.55. The number of hydrogen-bond donors (Lipinski definition) is 2. The molecule has 0 radical (unpaired) electrons. The van der Waals surface area contributed by atoms with Crippen molar-refractivity contribution in [2.75, 3.05) is 19.6 Å². The van der Waals surface area contributed by atoms with Gasteiger partial charge in [-0.1, -0.05) is 27.7 Å². The van der Waals surface area contributed by atoms with Crippen molar-refractivity contribution >= 4 is 42.1 Å². The smallest absolute Gasteiger partial charge is 0.226 e. The number of amides is 1. The molecule has 1 heterocycles. The van der Waals surface area contributed by atoms with Crippen LogP contribution in [0.3, 0.4) is 0 Å². The zero-order valence-corrected chi connectivity index (χ0v) is 14.9. The van der Waals surface area contributed by atoms with Gasteiger partial charge in [0.2, 0.25) is 5.91 Å². The summed E-state index contributed by atoms with van der Waals surface area (Å²) >= 11 is 1.63. The monoisotopic (exact) mass is 341 g/mol. The van der Waals surface area contributed by atoms with Crippen LogP contribution < -0.4 is 10.6 Å². The summed E-state index contributed by atoms with van der Waals surface area (Å²) < 4.78 is 0. The number of rotatable bonds is 6. The quantitative estimate of drug-likeness (QED) is 0.781. The fourth-order valence-electron chi connectivity index (χ4n) is 1.43. The van der Waals surface area contributed by atoms with E-state index in [2.05, 4.69) is 36.4 Å². The Morgan fingerprint density at radius 2 is 1.95 bits per heavy atom. The third-order valence-corrected chi connectivity index (χ3v) is 3.73. The molecule has 1 rings (SSSR count). The van der Waals surface area contributed by atoms with E-state index in [1.54, 1.807) is 11.3 Å². The molecule has 0 bridgehead atoms. The first-order valence-corrected chi connectivity index (χ1v) is 7.23. The van der Waals surface area contributed by atoms with Crippen molar-refractivity contribution in [3.63, 3.8) is 0 Å². The molecule has 0 aliphatic rings. The summed E-state index contributed by atoms with van der Waals surface area (Å²) in [4.78, 5) is 16.2. The molecule has 2 N–H and O–H groups in total. The Labute approximate surface area is 138 Å². The molecule has 118 valence electrons. The SMILES string of the molecule is CCNCCNC(=O)Cc1csc(C(C)(C)C)n1.Cl.Cl. The summed E-state index contributed by atoms with van der Waals surface area (Å²) in [5.41, 5.74) is 0.927. The van der Waals surface area contributed by atoms with Crippen LogP contribution in [0.15, 0.2) is 5.38 Å². The summed E-state index contributed by atoms with van der Waals surface area (Å²) in [6, 6.07) is 0. The van der Waals surface area contributed by atoms with E-state index in [0.29, 0.717) is 13.0 Å². The predicted molar refractivity (Wildman–Crippen MR) is 90.6 cm³/mol. The van der Waals surface area contributed by atoms with Gasteiger partial charge in [-0.05, 0) is 6.54 Å². The summed E-state index contributed by atoms with van der Waals surface area (Å²) in [6.45, 7) is 10.8. The number of nitrogens with one attached hydrogen (secondary N) is 2. The van der Waals surface area contributed by atoms with Crippen molar-refractivity contribution in [3.8, 4) is 0 Å². The maximum atomic E-state index is 11.7. The molecule has 0 aromatic carbocycles. The van der Waals surface area contributed by atoms with Crippen LogP contribution in [0, 0.1) is 0 Å². The zero-order valence-electron chi connectivity index (χ0n) is 12.5. The van der Waals surface area contributed by atoms with E-state index in [0.717, 1.165) is 23.8 Å². The third kappa shape index (κ3) is 8.04. The molecule has 7 heteroatoms. The maximum Gasteiger partial charge on any atom is 0.226 e. The van der Waals surface area contributed by atoms with E-state index >= 15 is 0 Å². The van der Waals surface area contributed by atoms with Gasteiger partial charge in [0.15, 0.2) is 0 Å². The van der Waals surface area contributed by atoms with Crippen LogP contribution in [0.25, 0.3) is 0 Å². The van der Waals surface area contributed by atoms with Crippen molar-refractivity contribution in [1.82, 2.24) is 15.6 Å². The van der Waals surface area contributed by atoms with E-state index in [9.17, 15) is 4.79 Å². The molecular formula is C13H25Cl2N3OS. The van der Waals surface area contributed by atoms with Gasteiger partial charge in [-0.25, -0.2) is 4.98 Å². The highest BCUT2D eigenvalue weighted by atomic mass is 35.5. The lowest BCUT2D eigenvalue weighted by Gasteiger charge is -2.13. The minimum absolute atomic E-state index is 0. The van der Waals surface area contributed by atoms with Crippen LogP contribution in [0.1, 0.15) is 38.4 Å². The first-order chi connectivity index (χ1) is 8.43. The average molecular weight is 342 g/mol. The molecule has 0 saturated heterocycles. The first-order valence-electron chi connectivity index (χ1n) is 6.35.